The number of rotatable bonds is 1. The van der Waals surface area contributed by atoms with Gasteiger partial charge in [-0.1, -0.05) is 44.2 Å². The molecule has 0 heterocycles. The summed E-state index contributed by atoms with van der Waals surface area (Å²) in [7, 11) is -2.02. The lowest BCUT2D eigenvalue weighted by atomic mass is 10.4. The maximum Gasteiger partial charge on any atom is 0.109 e. The second-order valence-corrected chi connectivity index (χ2v) is 5.90. The average molecular weight is 184 g/mol. The van der Waals surface area contributed by atoms with Crippen LogP contribution in [0, 0.1) is 0 Å². The molecule has 1 nitrogen and oxygen atoms in total. The molecule has 0 aliphatic rings. The zero-order valence-electron chi connectivity index (χ0n) is 8.24. The Balaban J connectivity index is 0.000000561. The molecule has 2 heteroatoms. The van der Waals surface area contributed by atoms with Gasteiger partial charge in [-0.05, 0) is 13.3 Å². The quantitative estimate of drug-likeness (QED) is 0.613. The molecule has 0 aromatic heterocycles. The van der Waals surface area contributed by atoms with Gasteiger partial charge in [-0.25, -0.2) is 0 Å². The normalized spacial score (nSPS) is 10.0. The Kier molecular flexibility index (Phi) is 4.92. The van der Waals surface area contributed by atoms with E-state index >= 15 is 0 Å². The molecule has 68 valence electrons. The molecule has 0 aliphatic heterocycles. The molecule has 0 N–H and O–H groups in total. The Hall–Kier alpha value is -0.550. The Bertz CT molecular complexity index is 248. The maximum atomic E-state index is 11.4. The van der Waals surface area contributed by atoms with Crippen LogP contribution in [0.15, 0.2) is 30.3 Å². The molecule has 0 fully saturated rings. The van der Waals surface area contributed by atoms with Crippen LogP contribution in [0.25, 0.3) is 0 Å². The van der Waals surface area contributed by atoms with Crippen molar-refractivity contribution in [3.63, 3.8) is 0 Å². The van der Waals surface area contributed by atoms with Gasteiger partial charge in [0.05, 0.1) is 0 Å². The monoisotopic (exact) mass is 184 g/mol. The second kappa shape index (κ2) is 5.16. The van der Waals surface area contributed by atoms with E-state index in [2.05, 4.69) is 0 Å². The molecule has 0 unspecified atom stereocenters. The molecule has 0 bridgehead atoms. The standard InChI is InChI=1S/C8H11OP.C2H6/c1-10(2,9)8-6-4-3-5-7-8;1-2/h3-7H,1-2H3;1-2H3. The van der Waals surface area contributed by atoms with Gasteiger partial charge in [0.2, 0.25) is 0 Å². The van der Waals surface area contributed by atoms with Crippen molar-refractivity contribution < 1.29 is 4.57 Å². The van der Waals surface area contributed by atoms with E-state index in [9.17, 15) is 4.57 Å². The lowest BCUT2D eigenvalue weighted by molar-refractivity contribution is 0.588. The Morgan fingerprint density at radius 1 is 1.00 bits per heavy atom. The third-order valence-electron chi connectivity index (χ3n) is 1.38. The summed E-state index contributed by atoms with van der Waals surface area (Å²) in [6.07, 6.45) is 0. The molecule has 0 radical (unpaired) electrons. The van der Waals surface area contributed by atoms with Crippen LogP contribution in [0.4, 0.5) is 0 Å². The summed E-state index contributed by atoms with van der Waals surface area (Å²) in [5.41, 5.74) is 0. The van der Waals surface area contributed by atoms with E-state index in [1.54, 1.807) is 13.3 Å². The van der Waals surface area contributed by atoms with Crippen LogP contribution in [0.5, 0.6) is 0 Å². The molecule has 1 rings (SSSR count). The first kappa shape index (κ1) is 11.4. The van der Waals surface area contributed by atoms with Crippen molar-refractivity contribution in [2.24, 2.45) is 0 Å². The van der Waals surface area contributed by atoms with E-state index in [0.29, 0.717) is 0 Å². The summed E-state index contributed by atoms with van der Waals surface area (Å²) < 4.78 is 11.4. The molecule has 0 atom stereocenters. The minimum Gasteiger partial charge on any atom is -0.319 e. The zero-order valence-corrected chi connectivity index (χ0v) is 9.14. The molecule has 1 aromatic carbocycles. The van der Waals surface area contributed by atoms with E-state index < -0.39 is 7.14 Å². The predicted molar refractivity (Wildman–Crippen MR) is 56.9 cm³/mol. The van der Waals surface area contributed by atoms with Crippen molar-refractivity contribution in [3.8, 4) is 0 Å². The zero-order chi connectivity index (χ0) is 9.61. The van der Waals surface area contributed by atoms with Crippen LogP contribution in [0.2, 0.25) is 0 Å². The first-order valence-corrected chi connectivity index (χ1v) is 6.81. The summed E-state index contributed by atoms with van der Waals surface area (Å²) in [5, 5.41) is 0.954. The van der Waals surface area contributed by atoms with E-state index in [1.807, 2.05) is 44.2 Å². The van der Waals surface area contributed by atoms with Gasteiger partial charge in [0.25, 0.3) is 0 Å². The highest BCUT2D eigenvalue weighted by Gasteiger charge is 2.08. The molecule has 12 heavy (non-hydrogen) atoms. The summed E-state index contributed by atoms with van der Waals surface area (Å²) in [5.74, 6) is 0. The fraction of sp³-hybridized carbons (Fsp3) is 0.400. The van der Waals surface area contributed by atoms with Crippen LogP contribution in [0.3, 0.4) is 0 Å². The van der Waals surface area contributed by atoms with Crippen LogP contribution in [-0.4, -0.2) is 13.3 Å². The van der Waals surface area contributed by atoms with Gasteiger partial charge in [-0.3, -0.25) is 0 Å². The van der Waals surface area contributed by atoms with Crippen LogP contribution >= 0.6 is 7.14 Å². The van der Waals surface area contributed by atoms with Gasteiger partial charge in [-0.15, -0.1) is 0 Å². The van der Waals surface area contributed by atoms with Crippen LogP contribution < -0.4 is 5.30 Å². The third-order valence-corrected chi connectivity index (χ3v) is 2.92. The van der Waals surface area contributed by atoms with Gasteiger partial charge in [-0.2, -0.15) is 0 Å². The third kappa shape index (κ3) is 3.73. The topological polar surface area (TPSA) is 17.1 Å². The van der Waals surface area contributed by atoms with Crippen LogP contribution in [-0.2, 0) is 4.57 Å². The molecule has 0 spiro atoms. The number of hydrogen-bond donors (Lipinski definition) is 0. The highest BCUT2D eigenvalue weighted by molar-refractivity contribution is 7.70. The summed E-state index contributed by atoms with van der Waals surface area (Å²) in [6, 6.07) is 9.56. The largest absolute Gasteiger partial charge is 0.319 e. The van der Waals surface area contributed by atoms with Crippen molar-refractivity contribution in [1.82, 2.24) is 0 Å². The van der Waals surface area contributed by atoms with Crippen molar-refractivity contribution in [3.05, 3.63) is 30.3 Å². The lowest BCUT2D eigenvalue weighted by Crippen LogP contribution is -2.00. The minimum atomic E-state index is -2.02. The van der Waals surface area contributed by atoms with E-state index in [1.165, 1.54) is 0 Å². The Morgan fingerprint density at radius 2 is 1.42 bits per heavy atom. The SMILES string of the molecule is CC.CP(C)(=O)c1ccccc1. The molecular formula is C10H17OP. The number of hydrogen-bond acceptors (Lipinski definition) is 1. The molecule has 0 aliphatic carbocycles. The van der Waals surface area contributed by atoms with Gasteiger partial charge in [0, 0.05) is 5.30 Å². The molecular weight excluding hydrogens is 167 g/mol. The summed E-state index contributed by atoms with van der Waals surface area (Å²) >= 11 is 0. The fourth-order valence-corrected chi connectivity index (χ4v) is 1.68. The molecule has 1 aromatic rings. The Morgan fingerprint density at radius 3 is 1.67 bits per heavy atom. The molecule has 0 saturated carbocycles. The van der Waals surface area contributed by atoms with Crippen molar-refractivity contribution in [1.29, 1.82) is 0 Å². The molecule has 0 saturated heterocycles. The molecule has 0 amide bonds. The number of benzene rings is 1. The smallest absolute Gasteiger partial charge is 0.109 e. The van der Waals surface area contributed by atoms with Crippen molar-refractivity contribution in [2.75, 3.05) is 13.3 Å². The van der Waals surface area contributed by atoms with Gasteiger partial charge >= 0.3 is 0 Å². The minimum absolute atomic E-state index is 0.954. The summed E-state index contributed by atoms with van der Waals surface area (Å²) in [4.78, 5) is 0. The van der Waals surface area contributed by atoms with Gasteiger partial charge < -0.3 is 4.57 Å². The highest BCUT2D eigenvalue weighted by atomic mass is 31.2. The highest BCUT2D eigenvalue weighted by Crippen LogP contribution is 2.33. The predicted octanol–water partition coefficient (Wildman–Crippen LogP) is 2.96. The fourth-order valence-electron chi connectivity index (χ4n) is 0.787. The second-order valence-electron chi connectivity index (χ2n) is 2.69. The van der Waals surface area contributed by atoms with Gasteiger partial charge in [0.15, 0.2) is 0 Å². The van der Waals surface area contributed by atoms with Crippen molar-refractivity contribution in [2.45, 2.75) is 13.8 Å². The van der Waals surface area contributed by atoms with Crippen molar-refractivity contribution >= 4 is 12.4 Å². The summed E-state index contributed by atoms with van der Waals surface area (Å²) in [6.45, 7) is 7.56. The maximum absolute atomic E-state index is 11.4. The lowest BCUT2D eigenvalue weighted by Gasteiger charge is -2.04. The first-order chi connectivity index (χ1) is 5.61. The van der Waals surface area contributed by atoms with E-state index in [0.717, 1.165) is 5.30 Å². The van der Waals surface area contributed by atoms with Crippen LogP contribution in [0.1, 0.15) is 13.8 Å². The van der Waals surface area contributed by atoms with E-state index in [4.69, 9.17) is 0 Å². The average Bonchev–Trinajstić information content (AvgIpc) is 2.08. The van der Waals surface area contributed by atoms with Gasteiger partial charge in [0.1, 0.15) is 7.14 Å². The van der Waals surface area contributed by atoms with E-state index in [-0.39, 0.29) is 0 Å². The first-order valence-electron chi connectivity index (χ1n) is 4.21. The Labute approximate surface area is 75.2 Å².